The summed E-state index contributed by atoms with van der Waals surface area (Å²) in [6.07, 6.45) is 0. The molecule has 2 N–H and O–H groups in total. The summed E-state index contributed by atoms with van der Waals surface area (Å²) in [7, 11) is 0. The van der Waals surface area contributed by atoms with Gasteiger partial charge in [-0.3, -0.25) is 4.79 Å². The van der Waals surface area contributed by atoms with Crippen LogP contribution >= 0.6 is 34.2 Å². The van der Waals surface area contributed by atoms with Crippen LogP contribution < -0.4 is 5.73 Å². The van der Waals surface area contributed by atoms with Gasteiger partial charge in [-0.05, 0) is 46.4 Å². The predicted molar refractivity (Wildman–Crippen MR) is 94.4 cm³/mol. The molecule has 1 amide bonds. The van der Waals surface area contributed by atoms with Crippen molar-refractivity contribution in [3.63, 3.8) is 0 Å². The van der Waals surface area contributed by atoms with E-state index in [0.29, 0.717) is 30.2 Å². The molecule has 2 aromatic rings. The summed E-state index contributed by atoms with van der Waals surface area (Å²) in [5.74, 6) is -0.0452. The molecular formula is C16H16ClIN2O. The third kappa shape index (κ3) is 4.43. The van der Waals surface area contributed by atoms with E-state index in [1.807, 2.05) is 36.4 Å². The van der Waals surface area contributed by atoms with Crippen LogP contribution in [0.2, 0.25) is 5.02 Å². The largest absolute Gasteiger partial charge is 0.333 e. The van der Waals surface area contributed by atoms with Crippen LogP contribution in [0.3, 0.4) is 0 Å². The van der Waals surface area contributed by atoms with Gasteiger partial charge in [0.15, 0.2) is 0 Å². The van der Waals surface area contributed by atoms with E-state index in [1.165, 1.54) is 0 Å². The number of nitrogens with two attached hydrogens (primary N) is 1. The number of amides is 1. The molecule has 0 fully saturated rings. The number of carbonyl (C=O) groups excluding carboxylic acids is 1. The van der Waals surface area contributed by atoms with Gasteiger partial charge >= 0.3 is 0 Å². The van der Waals surface area contributed by atoms with Crippen LogP contribution in [0.15, 0.2) is 48.5 Å². The van der Waals surface area contributed by atoms with Gasteiger partial charge in [0.25, 0.3) is 5.91 Å². The highest BCUT2D eigenvalue weighted by molar-refractivity contribution is 14.1. The van der Waals surface area contributed by atoms with Gasteiger partial charge in [-0.2, -0.15) is 0 Å². The minimum Gasteiger partial charge on any atom is -0.333 e. The number of benzene rings is 2. The highest BCUT2D eigenvalue weighted by atomic mass is 127. The average molecular weight is 415 g/mol. The summed E-state index contributed by atoms with van der Waals surface area (Å²) in [5, 5.41) is 0.561. The Hall–Kier alpha value is -1.11. The minimum absolute atomic E-state index is 0.0452. The SMILES string of the molecule is NCCN(Cc1ccccc1)C(=O)c1cc(Cl)ccc1I. The van der Waals surface area contributed by atoms with Gasteiger partial charge in [0.2, 0.25) is 0 Å². The van der Waals surface area contributed by atoms with Crippen LogP contribution in [-0.4, -0.2) is 23.9 Å². The normalized spacial score (nSPS) is 10.4. The lowest BCUT2D eigenvalue weighted by molar-refractivity contribution is 0.0747. The van der Waals surface area contributed by atoms with E-state index in [4.69, 9.17) is 17.3 Å². The van der Waals surface area contributed by atoms with Gasteiger partial charge in [0, 0.05) is 28.2 Å². The molecule has 2 rings (SSSR count). The molecule has 0 unspecified atom stereocenters. The molecule has 0 heterocycles. The molecule has 0 aromatic heterocycles. The lowest BCUT2D eigenvalue weighted by Gasteiger charge is -2.23. The zero-order valence-electron chi connectivity index (χ0n) is 11.4. The number of hydrogen-bond acceptors (Lipinski definition) is 2. The molecule has 110 valence electrons. The monoisotopic (exact) mass is 414 g/mol. The fourth-order valence-electron chi connectivity index (χ4n) is 2.04. The Labute approximate surface area is 143 Å². The van der Waals surface area contributed by atoms with Gasteiger partial charge in [-0.25, -0.2) is 0 Å². The van der Waals surface area contributed by atoms with Crippen LogP contribution in [0.4, 0.5) is 0 Å². The summed E-state index contributed by atoms with van der Waals surface area (Å²) < 4.78 is 0.886. The first-order chi connectivity index (χ1) is 10.1. The molecule has 0 atom stereocenters. The molecule has 0 bridgehead atoms. The maximum atomic E-state index is 12.7. The highest BCUT2D eigenvalue weighted by Crippen LogP contribution is 2.20. The van der Waals surface area contributed by atoms with Crippen molar-refractivity contribution < 1.29 is 4.79 Å². The zero-order valence-corrected chi connectivity index (χ0v) is 14.3. The summed E-state index contributed by atoms with van der Waals surface area (Å²) in [6, 6.07) is 15.2. The first-order valence-corrected chi connectivity index (χ1v) is 8.06. The van der Waals surface area contributed by atoms with E-state index in [1.54, 1.807) is 17.0 Å². The number of hydrogen-bond donors (Lipinski definition) is 1. The van der Waals surface area contributed by atoms with Crippen LogP contribution in [-0.2, 0) is 6.54 Å². The van der Waals surface area contributed by atoms with Crippen molar-refractivity contribution in [2.24, 2.45) is 5.73 Å². The highest BCUT2D eigenvalue weighted by Gasteiger charge is 2.18. The predicted octanol–water partition coefficient (Wildman–Crippen LogP) is 3.55. The number of carbonyl (C=O) groups is 1. The summed E-state index contributed by atoms with van der Waals surface area (Å²) in [6.45, 7) is 1.48. The maximum Gasteiger partial charge on any atom is 0.255 e. The molecule has 0 saturated heterocycles. The Morgan fingerprint density at radius 2 is 1.90 bits per heavy atom. The molecule has 2 aromatic carbocycles. The fourth-order valence-corrected chi connectivity index (χ4v) is 2.78. The van der Waals surface area contributed by atoms with Gasteiger partial charge in [-0.15, -0.1) is 0 Å². The quantitative estimate of drug-likeness (QED) is 0.761. The Bertz CT molecular complexity index is 619. The van der Waals surface area contributed by atoms with E-state index in [2.05, 4.69) is 22.6 Å². The molecular weight excluding hydrogens is 399 g/mol. The fraction of sp³-hybridized carbons (Fsp3) is 0.188. The van der Waals surface area contributed by atoms with Gasteiger partial charge < -0.3 is 10.6 Å². The van der Waals surface area contributed by atoms with Crippen molar-refractivity contribution in [1.82, 2.24) is 4.90 Å². The summed E-state index contributed by atoms with van der Waals surface area (Å²) in [4.78, 5) is 14.5. The third-order valence-electron chi connectivity index (χ3n) is 3.06. The number of rotatable bonds is 5. The number of halogens is 2. The summed E-state index contributed by atoms with van der Waals surface area (Å²) >= 11 is 8.15. The lowest BCUT2D eigenvalue weighted by Crippen LogP contribution is -2.35. The van der Waals surface area contributed by atoms with Crippen LogP contribution in [0, 0.1) is 3.57 Å². The van der Waals surface area contributed by atoms with Gasteiger partial charge in [0.05, 0.1) is 5.56 Å². The second-order valence-electron chi connectivity index (χ2n) is 4.63. The molecule has 5 heteroatoms. The van der Waals surface area contributed by atoms with E-state index in [-0.39, 0.29) is 5.91 Å². The van der Waals surface area contributed by atoms with Crippen LogP contribution in [0.1, 0.15) is 15.9 Å². The second-order valence-corrected chi connectivity index (χ2v) is 6.22. The third-order valence-corrected chi connectivity index (χ3v) is 4.24. The van der Waals surface area contributed by atoms with Gasteiger partial charge in [-0.1, -0.05) is 41.9 Å². The topological polar surface area (TPSA) is 46.3 Å². The molecule has 0 aliphatic rings. The van der Waals surface area contributed by atoms with Crippen molar-refractivity contribution in [2.75, 3.05) is 13.1 Å². The van der Waals surface area contributed by atoms with E-state index in [9.17, 15) is 4.79 Å². The number of nitrogens with zero attached hydrogens (tertiary/aromatic N) is 1. The smallest absolute Gasteiger partial charge is 0.255 e. The van der Waals surface area contributed by atoms with E-state index < -0.39 is 0 Å². The molecule has 0 spiro atoms. The Balaban J connectivity index is 2.25. The molecule has 3 nitrogen and oxygen atoms in total. The standard InChI is InChI=1S/C16H16ClIN2O/c17-13-6-7-15(18)14(10-13)16(21)20(9-8-19)11-12-4-2-1-3-5-12/h1-7,10H,8-9,11,19H2. The van der Waals surface area contributed by atoms with Crippen molar-refractivity contribution in [3.8, 4) is 0 Å². The van der Waals surface area contributed by atoms with Crippen molar-refractivity contribution in [1.29, 1.82) is 0 Å². The molecule has 21 heavy (non-hydrogen) atoms. The molecule has 0 aliphatic heterocycles. The van der Waals surface area contributed by atoms with Crippen molar-refractivity contribution in [3.05, 3.63) is 68.3 Å². The first-order valence-electron chi connectivity index (χ1n) is 6.60. The Morgan fingerprint density at radius 1 is 1.19 bits per heavy atom. The molecule has 0 aliphatic carbocycles. The Morgan fingerprint density at radius 3 is 2.57 bits per heavy atom. The first kappa shape index (κ1) is 16.3. The van der Waals surface area contributed by atoms with E-state index >= 15 is 0 Å². The summed E-state index contributed by atoms with van der Waals surface area (Å²) in [5.41, 5.74) is 7.34. The van der Waals surface area contributed by atoms with Crippen molar-refractivity contribution in [2.45, 2.75) is 6.54 Å². The molecule has 0 radical (unpaired) electrons. The second kappa shape index (κ2) is 7.77. The Kier molecular flexibility index (Phi) is 6.02. The molecule has 0 saturated carbocycles. The van der Waals surface area contributed by atoms with Crippen LogP contribution in [0.25, 0.3) is 0 Å². The van der Waals surface area contributed by atoms with Crippen LogP contribution in [0.5, 0.6) is 0 Å². The zero-order chi connectivity index (χ0) is 15.2. The minimum atomic E-state index is -0.0452. The lowest BCUT2D eigenvalue weighted by atomic mass is 10.1. The van der Waals surface area contributed by atoms with Gasteiger partial charge in [0.1, 0.15) is 0 Å². The maximum absolute atomic E-state index is 12.7. The van der Waals surface area contributed by atoms with E-state index in [0.717, 1.165) is 9.13 Å². The average Bonchev–Trinajstić information content (AvgIpc) is 2.49. The van der Waals surface area contributed by atoms with Crippen molar-refractivity contribution >= 4 is 40.1 Å².